The summed E-state index contributed by atoms with van der Waals surface area (Å²) in [6.45, 7) is 3.53. The van der Waals surface area contributed by atoms with Crippen LogP contribution < -0.4 is 15.9 Å². The van der Waals surface area contributed by atoms with Crippen LogP contribution in [0.1, 0.15) is 18.3 Å². The van der Waals surface area contributed by atoms with E-state index < -0.39 is 5.92 Å². The lowest BCUT2D eigenvalue weighted by molar-refractivity contribution is -0.0267. The van der Waals surface area contributed by atoms with E-state index in [-0.39, 0.29) is 25.4 Å². The van der Waals surface area contributed by atoms with Crippen LogP contribution in [0, 0.1) is 6.92 Å². The Labute approximate surface area is 222 Å². The predicted octanol–water partition coefficient (Wildman–Crippen LogP) is 4.02. The maximum atomic E-state index is 13.5. The van der Waals surface area contributed by atoms with Gasteiger partial charge in [0.1, 0.15) is 5.82 Å². The molecule has 5 heterocycles. The molecule has 0 saturated carbocycles. The number of aromatic nitrogens is 5. The lowest BCUT2D eigenvalue weighted by atomic mass is 10.0. The van der Waals surface area contributed by atoms with Gasteiger partial charge in [-0.3, -0.25) is 19.1 Å². The molecule has 0 unspecified atom stereocenters. The van der Waals surface area contributed by atoms with Crippen LogP contribution in [-0.4, -0.2) is 54.7 Å². The van der Waals surface area contributed by atoms with Crippen molar-refractivity contribution in [2.45, 2.75) is 26.4 Å². The lowest BCUT2D eigenvalue weighted by Crippen LogP contribution is -2.56. The van der Waals surface area contributed by atoms with Crippen molar-refractivity contribution in [1.82, 2.24) is 24.1 Å². The molecule has 6 rings (SSSR count). The van der Waals surface area contributed by atoms with Gasteiger partial charge in [-0.1, -0.05) is 6.07 Å². The first-order valence-electron chi connectivity index (χ1n) is 12.7. The molecule has 1 saturated heterocycles. The van der Waals surface area contributed by atoms with Crippen LogP contribution in [0.3, 0.4) is 0 Å². The van der Waals surface area contributed by atoms with Crippen molar-refractivity contribution in [1.29, 1.82) is 0 Å². The van der Waals surface area contributed by atoms with Crippen LogP contribution in [0.25, 0.3) is 38.8 Å². The van der Waals surface area contributed by atoms with Gasteiger partial charge in [0.15, 0.2) is 0 Å². The van der Waals surface area contributed by atoms with Crippen LogP contribution in [0.15, 0.2) is 53.6 Å². The summed E-state index contributed by atoms with van der Waals surface area (Å²) in [5.41, 5.74) is 5.94. The summed E-state index contributed by atoms with van der Waals surface area (Å²) in [7, 11) is 1.69. The molecule has 200 valence electrons. The molecule has 2 N–H and O–H groups in total. The van der Waals surface area contributed by atoms with Gasteiger partial charge in [0.05, 0.1) is 65.2 Å². The van der Waals surface area contributed by atoms with E-state index in [1.165, 1.54) is 4.90 Å². The molecule has 0 aliphatic carbocycles. The molecule has 0 radical (unpaired) electrons. The third-order valence-corrected chi connectivity index (χ3v) is 7.16. The number of nitrogens with one attached hydrogen (secondary N) is 1. The van der Waals surface area contributed by atoms with E-state index in [2.05, 4.69) is 20.3 Å². The molecule has 0 atom stereocenters. The fourth-order valence-corrected chi connectivity index (χ4v) is 5.15. The van der Waals surface area contributed by atoms with Gasteiger partial charge in [-0.2, -0.15) is 0 Å². The number of hydrogen-bond donors (Lipinski definition) is 2. The van der Waals surface area contributed by atoms with E-state index in [9.17, 15) is 18.7 Å². The van der Waals surface area contributed by atoms with E-state index in [4.69, 9.17) is 0 Å². The SMILES string of the molecule is CCNc1cc(-c2ccc3ncc4c(c3c2)n(-c2ccc(N3CC(F)(F)C3)nc2C)c(=O)n4C)cnc1CO. The number of aliphatic hydroxyl groups is 1. The normalized spacial score (nSPS) is 14.7. The van der Waals surface area contributed by atoms with Crippen LogP contribution in [0.4, 0.5) is 20.3 Å². The minimum Gasteiger partial charge on any atom is -0.390 e. The number of hydrogen-bond acceptors (Lipinski definition) is 7. The number of nitrogens with zero attached hydrogens (tertiary/aromatic N) is 6. The molecule has 0 spiro atoms. The maximum absolute atomic E-state index is 13.5. The quantitative estimate of drug-likeness (QED) is 0.341. The van der Waals surface area contributed by atoms with E-state index in [0.717, 1.165) is 22.2 Å². The van der Waals surface area contributed by atoms with E-state index in [1.54, 1.807) is 47.6 Å². The number of fused-ring (bicyclic) bond motifs is 3. The monoisotopic (exact) mass is 531 g/mol. The first-order chi connectivity index (χ1) is 18.7. The Morgan fingerprint density at radius 1 is 1.08 bits per heavy atom. The Balaban J connectivity index is 1.52. The molecule has 1 aromatic carbocycles. The molecule has 39 heavy (non-hydrogen) atoms. The molecule has 5 aromatic rings. The third-order valence-electron chi connectivity index (χ3n) is 7.16. The standard InChI is InChI=1S/C28H27F2N7O2/c1-4-31-21-10-18(11-32-22(21)13-38)17-5-6-20-19(9-17)26-24(12-33-20)35(3)27(39)37(26)23-7-8-25(34-16(23)2)36-14-28(29,30)15-36/h5-12,31,38H,4,13-15H2,1-3H3. The predicted molar refractivity (Wildman–Crippen MR) is 147 cm³/mol. The molecule has 4 aromatic heterocycles. The summed E-state index contributed by atoms with van der Waals surface area (Å²) in [4.78, 5) is 28.6. The van der Waals surface area contributed by atoms with Crippen molar-refractivity contribution in [2.75, 3.05) is 29.9 Å². The van der Waals surface area contributed by atoms with Gasteiger partial charge in [-0.05, 0) is 49.7 Å². The molecule has 1 aliphatic heterocycles. The maximum Gasteiger partial charge on any atom is 0.333 e. The van der Waals surface area contributed by atoms with Gasteiger partial charge in [0, 0.05) is 30.7 Å². The Morgan fingerprint density at radius 2 is 1.87 bits per heavy atom. The number of halogens is 2. The minimum absolute atomic E-state index is 0.173. The fourth-order valence-electron chi connectivity index (χ4n) is 5.15. The highest BCUT2D eigenvalue weighted by Gasteiger charge is 2.44. The topological polar surface area (TPSA) is 101 Å². The number of pyridine rings is 3. The Hall–Kier alpha value is -4.38. The number of aryl methyl sites for hydroxylation is 2. The van der Waals surface area contributed by atoms with Crippen LogP contribution in [0.5, 0.6) is 0 Å². The van der Waals surface area contributed by atoms with Gasteiger partial charge in [-0.15, -0.1) is 0 Å². The molecule has 1 fully saturated rings. The zero-order valence-corrected chi connectivity index (χ0v) is 21.7. The molecule has 1 aliphatic rings. The molecular weight excluding hydrogens is 504 g/mol. The van der Waals surface area contributed by atoms with Crippen molar-refractivity contribution < 1.29 is 13.9 Å². The van der Waals surface area contributed by atoms with Gasteiger partial charge >= 0.3 is 5.69 Å². The number of benzene rings is 1. The summed E-state index contributed by atoms with van der Waals surface area (Å²) in [5, 5.41) is 13.7. The van der Waals surface area contributed by atoms with E-state index in [0.29, 0.717) is 46.0 Å². The van der Waals surface area contributed by atoms with Crippen LogP contribution in [-0.2, 0) is 13.7 Å². The van der Waals surface area contributed by atoms with Crippen molar-refractivity contribution in [3.8, 4) is 16.8 Å². The van der Waals surface area contributed by atoms with Crippen LogP contribution >= 0.6 is 0 Å². The highest BCUT2D eigenvalue weighted by molar-refractivity contribution is 6.04. The summed E-state index contributed by atoms with van der Waals surface area (Å²) in [6.07, 6.45) is 3.39. The van der Waals surface area contributed by atoms with Crippen molar-refractivity contribution in [3.05, 3.63) is 70.7 Å². The molecule has 9 nitrogen and oxygen atoms in total. The number of alkyl halides is 2. The lowest BCUT2D eigenvalue weighted by Gasteiger charge is -2.39. The van der Waals surface area contributed by atoms with Crippen molar-refractivity contribution >= 4 is 33.4 Å². The molecular formula is C28H27F2N7O2. The van der Waals surface area contributed by atoms with Crippen molar-refractivity contribution in [2.24, 2.45) is 7.05 Å². The second kappa shape index (κ2) is 9.12. The summed E-state index contributed by atoms with van der Waals surface area (Å²) in [6, 6.07) is 11.2. The smallest absolute Gasteiger partial charge is 0.333 e. The number of aliphatic hydroxyl groups excluding tert-OH is 1. The van der Waals surface area contributed by atoms with Crippen molar-refractivity contribution in [3.63, 3.8) is 0 Å². The fraction of sp³-hybridized carbons (Fsp3) is 0.286. The number of rotatable bonds is 6. The molecule has 0 bridgehead atoms. The highest BCUT2D eigenvalue weighted by atomic mass is 19.3. The third kappa shape index (κ3) is 4.09. The second-order valence-corrected chi connectivity index (χ2v) is 9.79. The Kier molecular flexibility index (Phi) is 5.83. The van der Waals surface area contributed by atoms with Gasteiger partial charge in [0.25, 0.3) is 5.92 Å². The van der Waals surface area contributed by atoms with Crippen LogP contribution in [0.2, 0.25) is 0 Å². The summed E-state index contributed by atoms with van der Waals surface area (Å²) >= 11 is 0. The average Bonchev–Trinajstić information content (AvgIpc) is 3.17. The second-order valence-electron chi connectivity index (χ2n) is 9.79. The summed E-state index contributed by atoms with van der Waals surface area (Å²) < 4.78 is 30.0. The van der Waals surface area contributed by atoms with Gasteiger partial charge in [-0.25, -0.2) is 18.6 Å². The highest BCUT2D eigenvalue weighted by Crippen LogP contribution is 2.34. The number of anilines is 2. The first-order valence-corrected chi connectivity index (χ1v) is 12.7. The molecule has 0 amide bonds. The molecule has 11 heteroatoms. The zero-order chi connectivity index (χ0) is 27.5. The Morgan fingerprint density at radius 3 is 2.56 bits per heavy atom. The summed E-state index contributed by atoms with van der Waals surface area (Å²) in [5.74, 6) is -2.24. The largest absolute Gasteiger partial charge is 0.390 e. The average molecular weight is 532 g/mol. The zero-order valence-electron chi connectivity index (χ0n) is 21.7. The Bertz CT molecular complexity index is 1800. The van der Waals surface area contributed by atoms with E-state index in [1.807, 2.05) is 31.2 Å². The van der Waals surface area contributed by atoms with Gasteiger partial charge in [0.2, 0.25) is 0 Å². The van der Waals surface area contributed by atoms with Gasteiger partial charge < -0.3 is 15.3 Å². The number of imidazole rings is 1. The first kappa shape index (κ1) is 24.9. The van der Waals surface area contributed by atoms with E-state index >= 15 is 0 Å². The minimum atomic E-state index is -2.70.